The minimum atomic E-state index is 0.591. The Labute approximate surface area is 129 Å². The predicted molar refractivity (Wildman–Crippen MR) is 86.9 cm³/mol. The number of hydrogen-bond acceptors (Lipinski definition) is 3. The number of nitrogens with one attached hydrogen (secondary N) is 1. The fraction of sp³-hybridized carbons (Fsp3) is 0.824. The van der Waals surface area contributed by atoms with Gasteiger partial charge in [-0.1, -0.05) is 27.2 Å². The molecular formula is C17H31N3O. The first kappa shape index (κ1) is 16.3. The molecule has 0 spiro atoms. The van der Waals surface area contributed by atoms with Crippen molar-refractivity contribution in [3.8, 4) is 5.75 Å². The van der Waals surface area contributed by atoms with Gasteiger partial charge >= 0.3 is 0 Å². The average molecular weight is 293 g/mol. The van der Waals surface area contributed by atoms with E-state index < -0.39 is 0 Å². The van der Waals surface area contributed by atoms with Crippen molar-refractivity contribution in [2.24, 2.45) is 11.8 Å². The predicted octanol–water partition coefficient (Wildman–Crippen LogP) is 3.43. The lowest BCUT2D eigenvalue weighted by atomic mass is 9.92. The summed E-state index contributed by atoms with van der Waals surface area (Å²) in [5.41, 5.74) is 1.33. The first-order chi connectivity index (χ1) is 10.2. The SMILES string of the molecule is CCCn1ncc(OC)c1C1CCCC1CNCC(C)C. The van der Waals surface area contributed by atoms with Gasteiger partial charge in [-0.3, -0.25) is 4.68 Å². The molecule has 0 bridgehead atoms. The topological polar surface area (TPSA) is 39.1 Å². The second-order valence-corrected chi connectivity index (χ2v) is 6.67. The van der Waals surface area contributed by atoms with Crippen LogP contribution >= 0.6 is 0 Å². The van der Waals surface area contributed by atoms with Crippen LogP contribution in [-0.4, -0.2) is 30.0 Å². The summed E-state index contributed by atoms with van der Waals surface area (Å²) in [7, 11) is 1.76. The molecule has 2 unspecified atom stereocenters. The number of rotatable bonds is 8. The standard InChI is InChI=1S/C17H31N3O/c1-5-9-20-17(16(21-4)12-19-20)15-8-6-7-14(15)11-18-10-13(2)3/h12-15,18H,5-11H2,1-4H3. The molecule has 0 radical (unpaired) electrons. The quantitative estimate of drug-likeness (QED) is 0.798. The molecule has 1 heterocycles. The van der Waals surface area contributed by atoms with E-state index in [0.29, 0.717) is 17.8 Å². The van der Waals surface area contributed by atoms with Gasteiger partial charge in [-0.2, -0.15) is 5.10 Å². The van der Waals surface area contributed by atoms with E-state index in [9.17, 15) is 0 Å². The number of nitrogens with zero attached hydrogens (tertiary/aromatic N) is 2. The van der Waals surface area contributed by atoms with E-state index in [-0.39, 0.29) is 0 Å². The van der Waals surface area contributed by atoms with Crippen molar-refractivity contribution >= 4 is 0 Å². The number of aromatic nitrogens is 2. The van der Waals surface area contributed by atoms with E-state index in [4.69, 9.17) is 4.74 Å². The normalized spacial score (nSPS) is 22.1. The number of methoxy groups -OCH3 is 1. The first-order valence-electron chi connectivity index (χ1n) is 8.47. The highest BCUT2D eigenvalue weighted by Gasteiger charge is 2.33. The molecule has 1 aliphatic rings. The van der Waals surface area contributed by atoms with Crippen LogP contribution in [0, 0.1) is 11.8 Å². The molecule has 1 aromatic rings. The monoisotopic (exact) mass is 293 g/mol. The van der Waals surface area contributed by atoms with Crippen LogP contribution in [0.15, 0.2) is 6.20 Å². The third kappa shape index (κ3) is 4.00. The molecule has 120 valence electrons. The molecule has 1 aromatic heterocycles. The highest BCUT2D eigenvalue weighted by molar-refractivity contribution is 5.30. The fourth-order valence-electron chi connectivity index (χ4n) is 3.50. The van der Waals surface area contributed by atoms with Gasteiger partial charge in [0, 0.05) is 12.5 Å². The van der Waals surface area contributed by atoms with Gasteiger partial charge in [0.25, 0.3) is 0 Å². The lowest BCUT2D eigenvalue weighted by molar-refractivity contribution is 0.372. The fourth-order valence-corrected chi connectivity index (χ4v) is 3.50. The second-order valence-electron chi connectivity index (χ2n) is 6.67. The van der Waals surface area contributed by atoms with Crippen LogP contribution in [0.3, 0.4) is 0 Å². The van der Waals surface area contributed by atoms with Crippen LogP contribution in [0.4, 0.5) is 0 Å². The van der Waals surface area contributed by atoms with Crippen molar-refractivity contribution in [3.63, 3.8) is 0 Å². The van der Waals surface area contributed by atoms with Gasteiger partial charge in [-0.05, 0) is 44.2 Å². The molecule has 0 aliphatic heterocycles. The zero-order valence-electron chi connectivity index (χ0n) is 14.1. The van der Waals surface area contributed by atoms with Crippen molar-refractivity contribution in [2.45, 2.75) is 58.9 Å². The molecule has 1 saturated carbocycles. The molecule has 4 heteroatoms. The van der Waals surface area contributed by atoms with Gasteiger partial charge in [-0.15, -0.1) is 0 Å². The smallest absolute Gasteiger partial charge is 0.160 e. The summed E-state index contributed by atoms with van der Waals surface area (Å²) in [5.74, 6) is 2.99. The van der Waals surface area contributed by atoms with Gasteiger partial charge < -0.3 is 10.1 Å². The van der Waals surface area contributed by atoms with Crippen molar-refractivity contribution in [3.05, 3.63) is 11.9 Å². The summed E-state index contributed by atoms with van der Waals surface area (Å²) in [6, 6.07) is 0. The zero-order valence-corrected chi connectivity index (χ0v) is 14.1. The third-order valence-electron chi connectivity index (χ3n) is 4.47. The molecule has 2 rings (SSSR count). The maximum absolute atomic E-state index is 5.57. The van der Waals surface area contributed by atoms with Crippen LogP contribution < -0.4 is 10.1 Å². The van der Waals surface area contributed by atoms with Gasteiger partial charge in [-0.25, -0.2) is 0 Å². The van der Waals surface area contributed by atoms with E-state index in [1.165, 1.54) is 25.0 Å². The Bertz CT molecular complexity index is 428. The minimum Gasteiger partial charge on any atom is -0.493 e. The van der Waals surface area contributed by atoms with E-state index >= 15 is 0 Å². The van der Waals surface area contributed by atoms with Crippen molar-refractivity contribution in [1.82, 2.24) is 15.1 Å². The largest absolute Gasteiger partial charge is 0.493 e. The van der Waals surface area contributed by atoms with Crippen LogP contribution in [0.2, 0.25) is 0 Å². The molecular weight excluding hydrogens is 262 g/mol. The molecule has 21 heavy (non-hydrogen) atoms. The van der Waals surface area contributed by atoms with Crippen LogP contribution in [0.25, 0.3) is 0 Å². The van der Waals surface area contributed by atoms with Gasteiger partial charge in [0.2, 0.25) is 0 Å². The summed E-state index contributed by atoms with van der Waals surface area (Å²) in [5, 5.41) is 8.17. The second kappa shape index (κ2) is 7.83. The van der Waals surface area contributed by atoms with E-state index in [1.54, 1.807) is 7.11 Å². The highest BCUT2D eigenvalue weighted by atomic mass is 16.5. The zero-order chi connectivity index (χ0) is 15.2. The summed E-state index contributed by atoms with van der Waals surface area (Å²) >= 11 is 0. The Morgan fingerprint density at radius 1 is 1.43 bits per heavy atom. The number of ether oxygens (including phenoxy) is 1. The summed E-state index contributed by atoms with van der Waals surface area (Å²) in [6.45, 7) is 9.93. The first-order valence-corrected chi connectivity index (χ1v) is 8.47. The molecule has 1 fully saturated rings. The molecule has 4 nitrogen and oxygen atoms in total. The average Bonchev–Trinajstić information content (AvgIpc) is 3.05. The van der Waals surface area contributed by atoms with Crippen LogP contribution in [0.5, 0.6) is 5.75 Å². The summed E-state index contributed by atoms with van der Waals surface area (Å²) < 4.78 is 7.74. The maximum Gasteiger partial charge on any atom is 0.160 e. The summed E-state index contributed by atoms with van der Waals surface area (Å²) in [6.07, 6.45) is 6.90. The summed E-state index contributed by atoms with van der Waals surface area (Å²) in [4.78, 5) is 0. The van der Waals surface area contributed by atoms with Gasteiger partial charge in [0.15, 0.2) is 5.75 Å². The molecule has 0 saturated heterocycles. The Balaban J connectivity index is 2.09. The van der Waals surface area contributed by atoms with Crippen molar-refractivity contribution in [1.29, 1.82) is 0 Å². The van der Waals surface area contributed by atoms with E-state index in [0.717, 1.165) is 31.8 Å². The van der Waals surface area contributed by atoms with Crippen molar-refractivity contribution in [2.75, 3.05) is 20.2 Å². The highest BCUT2D eigenvalue weighted by Crippen LogP contribution is 2.42. The van der Waals surface area contributed by atoms with Crippen LogP contribution in [-0.2, 0) is 6.54 Å². The third-order valence-corrected chi connectivity index (χ3v) is 4.47. The van der Waals surface area contributed by atoms with Crippen molar-refractivity contribution < 1.29 is 4.74 Å². The molecule has 1 aliphatic carbocycles. The molecule has 0 aromatic carbocycles. The Kier molecular flexibility index (Phi) is 6.09. The number of aryl methyl sites for hydroxylation is 1. The lowest BCUT2D eigenvalue weighted by Gasteiger charge is -2.22. The van der Waals surface area contributed by atoms with E-state index in [2.05, 4.69) is 35.9 Å². The van der Waals surface area contributed by atoms with Gasteiger partial charge in [0.1, 0.15) is 0 Å². The maximum atomic E-state index is 5.57. The van der Waals surface area contributed by atoms with Crippen LogP contribution in [0.1, 0.15) is 58.1 Å². The van der Waals surface area contributed by atoms with Gasteiger partial charge in [0.05, 0.1) is 19.0 Å². The molecule has 0 amide bonds. The number of hydrogen-bond donors (Lipinski definition) is 1. The Morgan fingerprint density at radius 2 is 2.24 bits per heavy atom. The van der Waals surface area contributed by atoms with E-state index in [1.807, 2.05) is 6.20 Å². The lowest BCUT2D eigenvalue weighted by Crippen LogP contribution is -2.28. The molecule has 1 N–H and O–H groups in total. The Morgan fingerprint density at radius 3 is 2.90 bits per heavy atom. The molecule has 2 atom stereocenters. The minimum absolute atomic E-state index is 0.591. The Hall–Kier alpha value is -1.03.